The number of anilines is 2. The van der Waals surface area contributed by atoms with Crippen molar-refractivity contribution in [3.63, 3.8) is 0 Å². The van der Waals surface area contributed by atoms with Crippen molar-refractivity contribution in [3.8, 4) is 11.3 Å². The van der Waals surface area contributed by atoms with Gasteiger partial charge in [0.1, 0.15) is 12.2 Å². The van der Waals surface area contributed by atoms with Gasteiger partial charge in [0.05, 0.1) is 16.4 Å². The summed E-state index contributed by atoms with van der Waals surface area (Å²) in [5.41, 5.74) is 0.192. The fourth-order valence-corrected chi connectivity index (χ4v) is 3.86. The zero-order chi connectivity index (χ0) is 23.8. The Balaban J connectivity index is 1.68. The lowest BCUT2D eigenvalue weighted by molar-refractivity contribution is -0.143. The van der Waals surface area contributed by atoms with Gasteiger partial charge in [-0.3, -0.25) is 9.78 Å². The number of urea groups is 1. The maximum atomic E-state index is 13.0. The Kier molecular flexibility index (Phi) is 6.44. The fraction of sp³-hybridized carbons (Fsp3) is 0.238. The van der Waals surface area contributed by atoms with Crippen molar-refractivity contribution in [2.45, 2.75) is 31.5 Å². The molecule has 2 N–H and O–H groups in total. The van der Waals surface area contributed by atoms with Gasteiger partial charge in [0.2, 0.25) is 0 Å². The van der Waals surface area contributed by atoms with Crippen LogP contribution in [0.2, 0.25) is 5.02 Å². The second-order valence-corrected chi connectivity index (χ2v) is 8.79. The molecule has 2 heterocycles. The Hall–Kier alpha value is -2.92. The summed E-state index contributed by atoms with van der Waals surface area (Å²) in [6.07, 6.45) is 0.155. The number of halogens is 5. The van der Waals surface area contributed by atoms with Crippen molar-refractivity contribution >= 4 is 44.9 Å². The minimum absolute atomic E-state index is 0.0797. The number of hydrogen-bond acceptors (Lipinski definition) is 4. The van der Waals surface area contributed by atoms with Crippen molar-refractivity contribution in [2.24, 2.45) is 0 Å². The van der Waals surface area contributed by atoms with Gasteiger partial charge in [-0.05, 0) is 42.5 Å². The Bertz CT molecular complexity index is 1280. The number of alkyl halides is 3. The van der Waals surface area contributed by atoms with Crippen LogP contribution in [0.3, 0.4) is 0 Å². The monoisotopic (exact) mass is 541 g/mol. The van der Waals surface area contributed by atoms with Gasteiger partial charge in [0.15, 0.2) is 0 Å². The van der Waals surface area contributed by atoms with Crippen LogP contribution in [0.5, 0.6) is 0 Å². The second kappa shape index (κ2) is 9.14. The number of benzene rings is 1. The second-order valence-electron chi connectivity index (χ2n) is 7.47. The van der Waals surface area contributed by atoms with Gasteiger partial charge in [-0.1, -0.05) is 39.7 Å². The maximum absolute atomic E-state index is 13.0. The normalized spacial score (nSPS) is 13.6. The molecule has 0 aliphatic heterocycles. The van der Waals surface area contributed by atoms with E-state index in [2.05, 4.69) is 36.6 Å². The number of hydrogen-bond donors (Lipinski definition) is 2. The van der Waals surface area contributed by atoms with Crippen LogP contribution in [0.15, 0.2) is 52.0 Å². The number of carbonyl (C=O) groups excluding carboxylic acids is 1. The smallest absolute Gasteiger partial charge is 0.306 e. The third kappa shape index (κ3) is 5.72. The number of amides is 2. The summed E-state index contributed by atoms with van der Waals surface area (Å²) in [5.74, 6) is 0.222. The van der Waals surface area contributed by atoms with E-state index in [1.807, 2.05) is 0 Å². The van der Waals surface area contributed by atoms with Crippen LogP contribution in [0, 0.1) is 0 Å². The molecule has 0 atom stereocenters. The predicted octanol–water partition coefficient (Wildman–Crippen LogP) is 5.80. The van der Waals surface area contributed by atoms with E-state index in [0.717, 1.165) is 18.4 Å². The lowest BCUT2D eigenvalue weighted by atomic mass is 10.1. The zero-order valence-electron chi connectivity index (χ0n) is 16.8. The van der Waals surface area contributed by atoms with E-state index in [1.165, 1.54) is 12.3 Å². The summed E-state index contributed by atoms with van der Waals surface area (Å²) in [5, 5.41) is 8.99. The number of pyridine rings is 1. The average Bonchev–Trinajstić information content (AvgIpc) is 3.56. The Morgan fingerprint density at radius 2 is 1.97 bits per heavy atom. The predicted molar refractivity (Wildman–Crippen MR) is 122 cm³/mol. The molecule has 0 unspecified atom stereocenters. The Morgan fingerprint density at radius 3 is 2.64 bits per heavy atom. The molecular formula is C21H16BrClF3N5O2. The van der Waals surface area contributed by atoms with E-state index >= 15 is 0 Å². The van der Waals surface area contributed by atoms with E-state index in [4.69, 9.17) is 11.6 Å². The highest BCUT2D eigenvalue weighted by molar-refractivity contribution is 9.10. The number of nitrogens with one attached hydrogen (secondary N) is 2. The summed E-state index contributed by atoms with van der Waals surface area (Å²) in [7, 11) is 0. The van der Waals surface area contributed by atoms with Crippen LogP contribution in [0.25, 0.3) is 11.3 Å². The molecule has 2 amide bonds. The molecule has 3 aromatic rings. The van der Waals surface area contributed by atoms with Crippen LogP contribution in [-0.4, -0.2) is 27.0 Å². The van der Waals surface area contributed by atoms with Crippen molar-refractivity contribution in [2.75, 3.05) is 10.6 Å². The first-order chi connectivity index (χ1) is 15.6. The van der Waals surface area contributed by atoms with Gasteiger partial charge in [-0.2, -0.15) is 18.3 Å². The summed E-state index contributed by atoms with van der Waals surface area (Å²) in [6, 6.07) is 7.06. The van der Waals surface area contributed by atoms with Crippen molar-refractivity contribution in [1.82, 2.24) is 14.8 Å². The number of carbonyl (C=O) groups is 1. The van der Waals surface area contributed by atoms with E-state index in [0.29, 0.717) is 15.7 Å². The molecule has 2 aromatic heterocycles. The standard InChI is InChI=1S/C21H16BrClF3N5O2/c22-13-3-1-2-12(6-13)16-7-17(19(32)31(30-16)10-21(24,25)26)28-20(33)29-18-14(11-4-5-11)8-27-9-15(18)23/h1-3,6-9,11H,4-5,10H2,(H2,27,28,29,33). The summed E-state index contributed by atoms with van der Waals surface area (Å²) in [6.45, 7) is -1.61. The topological polar surface area (TPSA) is 88.9 Å². The van der Waals surface area contributed by atoms with Gasteiger partial charge in [-0.15, -0.1) is 0 Å². The summed E-state index contributed by atoms with van der Waals surface area (Å²) in [4.78, 5) is 29.4. The first kappa shape index (κ1) is 23.2. The van der Waals surface area contributed by atoms with E-state index in [-0.39, 0.29) is 27.0 Å². The quantitative estimate of drug-likeness (QED) is 0.426. The largest absolute Gasteiger partial charge is 0.408 e. The minimum atomic E-state index is -4.68. The van der Waals surface area contributed by atoms with Crippen LogP contribution < -0.4 is 16.2 Å². The summed E-state index contributed by atoms with van der Waals surface area (Å²) >= 11 is 9.48. The van der Waals surface area contributed by atoms with E-state index in [1.54, 1.807) is 30.5 Å². The molecule has 1 saturated carbocycles. The molecule has 0 radical (unpaired) electrons. The van der Waals surface area contributed by atoms with Gasteiger partial charge >= 0.3 is 12.2 Å². The lowest BCUT2D eigenvalue weighted by Crippen LogP contribution is -2.34. The highest BCUT2D eigenvalue weighted by Crippen LogP contribution is 2.44. The molecule has 0 saturated heterocycles. The molecule has 1 aliphatic rings. The fourth-order valence-electron chi connectivity index (χ4n) is 3.25. The molecule has 0 bridgehead atoms. The molecule has 7 nitrogen and oxygen atoms in total. The van der Waals surface area contributed by atoms with Crippen LogP contribution in [-0.2, 0) is 6.54 Å². The van der Waals surface area contributed by atoms with E-state index in [9.17, 15) is 22.8 Å². The number of rotatable bonds is 5. The molecule has 1 fully saturated rings. The van der Waals surface area contributed by atoms with Crippen LogP contribution in [0.4, 0.5) is 29.3 Å². The molecule has 1 aliphatic carbocycles. The van der Waals surface area contributed by atoms with Crippen molar-refractivity contribution < 1.29 is 18.0 Å². The third-order valence-electron chi connectivity index (χ3n) is 4.86. The maximum Gasteiger partial charge on any atom is 0.408 e. The zero-order valence-corrected chi connectivity index (χ0v) is 19.1. The highest BCUT2D eigenvalue weighted by atomic mass is 79.9. The van der Waals surface area contributed by atoms with Gasteiger partial charge in [0.25, 0.3) is 5.56 Å². The van der Waals surface area contributed by atoms with Gasteiger partial charge in [0, 0.05) is 22.4 Å². The molecule has 0 spiro atoms. The molecule has 12 heteroatoms. The lowest BCUT2D eigenvalue weighted by Gasteiger charge is -2.15. The highest BCUT2D eigenvalue weighted by Gasteiger charge is 2.31. The number of aromatic nitrogens is 3. The molecule has 33 heavy (non-hydrogen) atoms. The van der Waals surface area contributed by atoms with Crippen molar-refractivity contribution in [3.05, 3.63) is 68.1 Å². The SMILES string of the molecule is O=C(Nc1c(Cl)cncc1C1CC1)Nc1cc(-c2cccc(Br)c2)nn(CC(F)(F)F)c1=O. The van der Waals surface area contributed by atoms with Crippen molar-refractivity contribution in [1.29, 1.82) is 0 Å². The minimum Gasteiger partial charge on any atom is -0.306 e. The Labute approximate surface area is 199 Å². The molecule has 172 valence electrons. The molecule has 4 rings (SSSR count). The first-order valence-electron chi connectivity index (χ1n) is 9.77. The average molecular weight is 543 g/mol. The van der Waals surface area contributed by atoms with Crippen LogP contribution in [0.1, 0.15) is 24.3 Å². The van der Waals surface area contributed by atoms with Gasteiger partial charge < -0.3 is 10.6 Å². The van der Waals surface area contributed by atoms with E-state index < -0.39 is 24.3 Å². The first-order valence-corrected chi connectivity index (χ1v) is 10.9. The molecular weight excluding hydrogens is 527 g/mol. The third-order valence-corrected chi connectivity index (χ3v) is 5.64. The number of nitrogens with zero attached hydrogens (tertiary/aromatic N) is 3. The Morgan fingerprint density at radius 1 is 1.21 bits per heavy atom. The summed E-state index contributed by atoms with van der Waals surface area (Å²) < 4.78 is 40.1. The van der Waals surface area contributed by atoms with Gasteiger partial charge in [-0.25, -0.2) is 9.48 Å². The van der Waals surface area contributed by atoms with Crippen LogP contribution >= 0.6 is 27.5 Å². The molecule has 1 aromatic carbocycles.